The Labute approximate surface area is 91.0 Å². The van der Waals surface area contributed by atoms with E-state index in [1.165, 1.54) is 0 Å². The second-order valence-corrected chi connectivity index (χ2v) is 3.88. The van der Waals surface area contributed by atoms with E-state index < -0.39 is 0 Å². The molecule has 0 saturated carbocycles. The minimum atomic E-state index is 0.532. The van der Waals surface area contributed by atoms with Crippen LogP contribution in [0.3, 0.4) is 0 Å². The van der Waals surface area contributed by atoms with E-state index in [0.29, 0.717) is 6.54 Å². The van der Waals surface area contributed by atoms with Gasteiger partial charge >= 0.3 is 0 Å². The molecule has 0 unspecified atom stereocenters. The number of aromatic nitrogens is 2. The Hall–Kier alpha value is -0.870. The van der Waals surface area contributed by atoms with Crippen LogP contribution in [-0.4, -0.2) is 9.78 Å². The molecule has 14 heavy (non-hydrogen) atoms. The van der Waals surface area contributed by atoms with E-state index in [1.54, 1.807) is 0 Å². The van der Waals surface area contributed by atoms with E-state index in [1.807, 2.05) is 16.8 Å². The summed E-state index contributed by atoms with van der Waals surface area (Å²) in [4.78, 5) is 0. The third-order valence-electron chi connectivity index (χ3n) is 2.31. The van der Waals surface area contributed by atoms with Gasteiger partial charge in [-0.3, -0.25) is 4.68 Å². The fourth-order valence-corrected chi connectivity index (χ4v) is 2.20. The number of benzene rings is 1. The lowest BCUT2D eigenvalue weighted by molar-refractivity contribution is 0.652. The van der Waals surface area contributed by atoms with Gasteiger partial charge in [0.25, 0.3) is 0 Å². The minimum absolute atomic E-state index is 0.532. The Morgan fingerprint density at radius 1 is 1.50 bits per heavy atom. The second kappa shape index (κ2) is 3.71. The van der Waals surface area contributed by atoms with Crippen LogP contribution in [0.5, 0.6) is 0 Å². The molecule has 4 heteroatoms. The van der Waals surface area contributed by atoms with E-state index in [9.17, 15) is 0 Å². The number of fused-ring (bicyclic) bond motifs is 1. The van der Waals surface area contributed by atoms with Crippen molar-refractivity contribution < 1.29 is 0 Å². The van der Waals surface area contributed by atoms with Crippen molar-refractivity contribution in [3.8, 4) is 0 Å². The van der Waals surface area contributed by atoms with Crippen molar-refractivity contribution in [1.29, 1.82) is 0 Å². The molecule has 0 radical (unpaired) electrons. The summed E-state index contributed by atoms with van der Waals surface area (Å²) in [5.74, 6) is 0. The van der Waals surface area contributed by atoms with Crippen molar-refractivity contribution >= 4 is 26.8 Å². The standard InChI is InChI=1S/C10H12BrN3/c1-2-14-10(11)8-5-3-4-7(6-12)9(8)13-14/h3-5H,2,6,12H2,1H3. The van der Waals surface area contributed by atoms with Crippen LogP contribution in [0, 0.1) is 0 Å². The molecule has 1 heterocycles. The van der Waals surface area contributed by atoms with Crippen LogP contribution in [0.15, 0.2) is 22.8 Å². The van der Waals surface area contributed by atoms with E-state index in [4.69, 9.17) is 5.73 Å². The SMILES string of the molecule is CCn1nc2c(CN)cccc2c1Br. The van der Waals surface area contributed by atoms with Crippen LogP contribution in [0.1, 0.15) is 12.5 Å². The summed E-state index contributed by atoms with van der Waals surface area (Å²) >= 11 is 3.53. The summed E-state index contributed by atoms with van der Waals surface area (Å²) in [6.07, 6.45) is 0. The van der Waals surface area contributed by atoms with Gasteiger partial charge in [-0.25, -0.2) is 0 Å². The largest absolute Gasteiger partial charge is 0.326 e. The van der Waals surface area contributed by atoms with E-state index >= 15 is 0 Å². The number of aryl methyl sites for hydroxylation is 1. The predicted molar refractivity (Wildman–Crippen MR) is 61.0 cm³/mol. The Morgan fingerprint density at radius 3 is 2.93 bits per heavy atom. The normalized spacial score (nSPS) is 11.1. The number of rotatable bonds is 2. The van der Waals surface area contributed by atoms with Gasteiger partial charge in [-0.1, -0.05) is 18.2 Å². The van der Waals surface area contributed by atoms with Crippen LogP contribution in [-0.2, 0) is 13.1 Å². The molecule has 2 N–H and O–H groups in total. The molecule has 0 amide bonds. The summed E-state index contributed by atoms with van der Waals surface area (Å²) in [7, 11) is 0. The van der Waals surface area contributed by atoms with Gasteiger partial charge in [-0.05, 0) is 28.4 Å². The first-order valence-corrected chi connectivity index (χ1v) is 5.41. The maximum Gasteiger partial charge on any atom is 0.111 e. The fraction of sp³-hybridized carbons (Fsp3) is 0.300. The van der Waals surface area contributed by atoms with E-state index in [2.05, 4.69) is 34.0 Å². The first-order chi connectivity index (χ1) is 6.77. The highest BCUT2D eigenvalue weighted by Gasteiger charge is 2.09. The monoisotopic (exact) mass is 253 g/mol. The predicted octanol–water partition coefficient (Wildman–Crippen LogP) is 2.28. The van der Waals surface area contributed by atoms with Crippen molar-refractivity contribution in [3.05, 3.63) is 28.4 Å². The summed E-state index contributed by atoms with van der Waals surface area (Å²) in [6, 6.07) is 6.08. The van der Waals surface area contributed by atoms with Gasteiger partial charge < -0.3 is 5.73 Å². The van der Waals surface area contributed by atoms with Gasteiger partial charge in [0.2, 0.25) is 0 Å². The molecule has 1 aromatic carbocycles. The highest BCUT2D eigenvalue weighted by Crippen LogP contribution is 2.25. The van der Waals surface area contributed by atoms with Crippen molar-refractivity contribution in [2.75, 3.05) is 0 Å². The summed E-state index contributed by atoms with van der Waals surface area (Å²) in [5, 5.41) is 5.63. The fourth-order valence-electron chi connectivity index (χ4n) is 1.55. The third kappa shape index (κ3) is 1.35. The number of halogens is 1. The van der Waals surface area contributed by atoms with Crippen LogP contribution in [0.25, 0.3) is 10.9 Å². The smallest absolute Gasteiger partial charge is 0.111 e. The van der Waals surface area contributed by atoms with Crippen molar-refractivity contribution in [2.24, 2.45) is 5.73 Å². The zero-order valence-corrected chi connectivity index (χ0v) is 9.58. The molecule has 1 aromatic heterocycles. The number of hydrogen-bond acceptors (Lipinski definition) is 2. The van der Waals surface area contributed by atoms with Crippen LogP contribution >= 0.6 is 15.9 Å². The van der Waals surface area contributed by atoms with Gasteiger partial charge in [-0.2, -0.15) is 5.10 Å². The first-order valence-electron chi connectivity index (χ1n) is 4.62. The van der Waals surface area contributed by atoms with Crippen molar-refractivity contribution in [1.82, 2.24) is 9.78 Å². The summed E-state index contributed by atoms with van der Waals surface area (Å²) in [5.41, 5.74) is 7.75. The van der Waals surface area contributed by atoms with Gasteiger partial charge in [0.15, 0.2) is 0 Å². The minimum Gasteiger partial charge on any atom is -0.326 e. The van der Waals surface area contributed by atoms with Gasteiger partial charge in [0, 0.05) is 18.5 Å². The zero-order chi connectivity index (χ0) is 10.1. The number of nitrogens with zero attached hydrogens (tertiary/aromatic N) is 2. The highest BCUT2D eigenvalue weighted by atomic mass is 79.9. The third-order valence-corrected chi connectivity index (χ3v) is 3.15. The van der Waals surface area contributed by atoms with Crippen molar-refractivity contribution in [2.45, 2.75) is 20.0 Å². The molecule has 0 aliphatic heterocycles. The van der Waals surface area contributed by atoms with Gasteiger partial charge in [0.1, 0.15) is 4.60 Å². The maximum absolute atomic E-state index is 5.65. The average molecular weight is 254 g/mol. The second-order valence-electron chi connectivity index (χ2n) is 3.12. The topological polar surface area (TPSA) is 43.8 Å². The summed E-state index contributed by atoms with van der Waals surface area (Å²) < 4.78 is 2.97. The Morgan fingerprint density at radius 2 is 2.29 bits per heavy atom. The summed E-state index contributed by atoms with van der Waals surface area (Å²) in [6.45, 7) is 3.46. The Kier molecular flexibility index (Phi) is 2.56. The lowest BCUT2D eigenvalue weighted by atomic mass is 10.1. The lowest BCUT2D eigenvalue weighted by Gasteiger charge is -1.95. The van der Waals surface area contributed by atoms with Gasteiger partial charge in [0.05, 0.1) is 5.52 Å². The molecule has 0 spiro atoms. The maximum atomic E-state index is 5.65. The van der Waals surface area contributed by atoms with Crippen LogP contribution in [0.4, 0.5) is 0 Å². The lowest BCUT2D eigenvalue weighted by Crippen LogP contribution is -1.98. The zero-order valence-electron chi connectivity index (χ0n) is 8.00. The quantitative estimate of drug-likeness (QED) is 0.893. The molecule has 2 rings (SSSR count). The molecule has 3 nitrogen and oxygen atoms in total. The number of hydrogen-bond donors (Lipinski definition) is 1. The molecule has 74 valence electrons. The van der Waals surface area contributed by atoms with Crippen LogP contribution < -0.4 is 5.73 Å². The molecule has 0 saturated heterocycles. The molecular formula is C10H12BrN3. The molecular weight excluding hydrogens is 242 g/mol. The molecule has 0 fully saturated rings. The molecule has 0 aliphatic rings. The molecule has 0 bridgehead atoms. The molecule has 0 aliphatic carbocycles. The molecule has 0 atom stereocenters. The Bertz CT molecular complexity index is 462. The van der Waals surface area contributed by atoms with Crippen LogP contribution in [0.2, 0.25) is 0 Å². The first kappa shape index (κ1) is 9.68. The van der Waals surface area contributed by atoms with E-state index in [-0.39, 0.29) is 0 Å². The number of nitrogens with two attached hydrogens (primary N) is 1. The van der Waals surface area contributed by atoms with Gasteiger partial charge in [-0.15, -0.1) is 0 Å². The van der Waals surface area contributed by atoms with Crippen molar-refractivity contribution in [3.63, 3.8) is 0 Å². The average Bonchev–Trinajstić information content (AvgIpc) is 2.55. The molecule has 2 aromatic rings. The highest BCUT2D eigenvalue weighted by molar-refractivity contribution is 9.10. The Balaban J connectivity index is 2.77. The van der Waals surface area contributed by atoms with E-state index in [0.717, 1.165) is 27.6 Å².